The smallest absolute Gasteiger partial charge is 0.194 e. The molecular weight excluding hydrogens is 264 g/mol. The summed E-state index contributed by atoms with van der Waals surface area (Å²) in [6, 6.07) is 14.1. The molecule has 1 heterocycles. The van der Waals surface area contributed by atoms with Crippen molar-refractivity contribution >= 4 is 17.4 Å². The molecular formula is C17H8N2O2. The molecule has 0 N–H and O–H groups in total. The molecule has 1 aromatic carbocycles. The summed E-state index contributed by atoms with van der Waals surface area (Å²) in [6.45, 7) is 0. The zero-order valence-electron chi connectivity index (χ0n) is 10.8. The fourth-order valence-corrected chi connectivity index (χ4v) is 2.36. The standard InChI is InChI=1S/C17H8N2O2/c18-9-11(10-19)16-13-5-1-2-6-14(13)17(20)15(16)8-12-4-3-7-21-12/h1-8H/b15-8-. The van der Waals surface area contributed by atoms with Crippen LogP contribution in [0.4, 0.5) is 0 Å². The van der Waals surface area contributed by atoms with E-state index in [9.17, 15) is 4.79 Å². The van der Waals surface area contributed by atoms with Gasteiger partial charge in [-0.2, -0.15) is 10.5 Å². The molecule has 0 atom stereocenters. The van der Waals surface area contributed by atoms with Crippen LogP contribution in [-0.4, -0.2) is 5.78 Å². The molecule has 0 fully saturated rings. The molecule has 0 saturated heterocycles. The van der Waals surface area contributed by atoms with Crippen LogP contribution in [0.3, 0.4) is 0 Å². The highest BCUT2D eigenvalue weighted by Crippen LogP contribution is 2.39. The van der Waals surface area contributed by atoms with Crippen LogP contribution in [0.25, 0.3) is 11.6 Å². The number of fused-ring (bicyclic) bond motifs is 1. The predicted molar refractivity (Wildman–Crippen MR) is 75.6 cm³/mol. The first-order valence-corrected chi connectivity index (χ1v) is 6.20. The number of Topliss-reactive ketones (excluding diaryl/α,β-unsaturated/α-hetero) is 1. The number of carbonyl (C=O) groups excluding carboxylic acids is 1. The molecule has 0 amide bonds. The molecule has 0 radical (unpaired) electrons. The van der Waals surface area contributed by atoms with Gasteiger partial charge in [0.05, 0.1) is 6.26 Å². The lowest BCUT2D eigenvalue weighted by atomic mass is 9.99. The minimum absolute atomic E-state index is 0.0777. The first-order valence-electron chi connectivity index (χ1n) is 6.20. The largest absolute Gasteiger partial charge is 0.465 e. The van der Waals surface area contributed by atoms with E-state index in [0.29, 0.717) is 28.0 Å². The lowest BCUT2D eigenvalue weighted by Gasteiger charge is -2.00. The zero-order chi connectivity index (χ0) is 14.8. The van der Waals surface area contributed by atoms with Gasteiger partial charge in [0.25, 0.3) is 0 Å². The maximum absolute atomic E-state index is 12.5. The quantitative estimate of drug-likeness (QED) is 0.589. The van der Waals surface area contributed by atoms with Crippen molar-refractivity contribution in [3.63, 3.8) is 0 Å². The molecule has 1 aromatic heterocycles. The first kappa shape index (κ1) is 12.7. The van der Waals surface area contributed by atoms with E-state index in [4.69, 9.17) is 14.9 Å². The van der Waals surface area contributed by atoms with Crippen LogP contribution in [-0.2, 0) is 0 Å². The summed E-state index contributed by atoms with van der Waals surface area (Å²) in [6.07, 6.45) is 3.06. The monoisotopic (exact) mass is 272 g/mol. The SMILES string of the molecule is N#CC(C#N)=C1/C(=C/c2ccco2)C(=O)c2ccccc21. The Labute approximate surface area is 120 Å². The molecule has 4 heteroatoms. The maximum atomic E-state index is 12.5. The second-order valence-corrected chi connectivity index (χ2v) is 4.42. The molecule has 21 heavy (non-hydrogen) atoms. The van der Waals surface area contributed by atoms with Crippen LogP contribution >= 0.6 is 0 Å². The molecule has 3 rings (SSSR count). The van der Waals surface area contributed by atoms with Gasteiger partial charge in [0.2, 0.25) is 0 Å². The number of hydrogen-bond acceptors (Lipinski definition) is 4. The molecule has 2 aromatic rings. The summed E-state index contributed by atoms with van der Waals surface area (Å²) in [5.74, 6) is 0.291. The van der Waals surface area contributed by atoms with E-state index in [1.807, 2.05) is 12.1 Å². The lowest BCUT2D eigenvalue weighted by Crippen LogP contribution is -1.95. The van der Waals surface area contributed by atoms with Gasteiger partial charge in [-0.3, -0.25) is 4.79 Å². The van der Waals surface area contributed by atoms with E-state index in [1.54, 1.807) is 42.5 Å². The van der Waals surface area contributed by atoms with Gasteiger partial charge in [-0.05, 0) is 23.8 Å². The van der Waals surface area contributed by atoms with Crippen LogP contribution in [0.1, 0.15) is 21.7 Å². The van der Waals surface area contributed by atoms with Crippen molar-refractivity contribution in [3.8, 4) is 12.1 Å². The van der Waals surface area contributed by atoms with Gasteiger partial charge >= 0.3 is 0 Å². The van der Waals surface area contributed by atoms with E-state index < -0.39 is 0 Å². The Bertz CT molecular complexity index is 856. The molecule has 4 nitrogen and oxygen atoms in total. The van der Waals surface area contributed by atoms with Crippen molar-refractivity contribution < 1.29 is 9.21 Å². The number of furan rings is 1. The van der Waals surface area contributed by atoms with Crippen molar-refractivity contribution in [1.82, 2.24) is 0 Å². The Morgan fingerprint density at radius 2 is 1.76 bits per heavy atom. The molecule has 0 spiro atoms. The second kappa shape index (κ2) is 4.96. The Hall–Kier alpha value is -3.37. The van der Waals surface area contributed by atoms with Gasteiger partial charge in [0.15, 0.2) is 5.78 Å². The third-order valence-corrected chi connectivity index (χ3v) is 3.26. The van der Waals surface area contributed by atoms with Gasteiger partial charge in [0, 0.05) is 16.7 Å². The number of nitriles is 2. The Kier molecular flexibility index (Phi) is 2.99. The maximum Gasteiger partial charge on any atom is 0.194 e. The molecule has 0 aliphatic heterocycles. The highest BCUT2D eigenvalue weighted by molar-refractivity contribution is 6.29. The van der Waals surface area contributed by atoms with Gasteiger partial charge in [-0.1, -0.05) is 24.3 Å². The van der Waals surface area contributed by atoms with Crippen molar-refractivity contribution in [2.75, 3.05) is 0 Å². The summed E-state index contributed by atoms with van der Waals surface area (Å²) < 4.78 is 5.22. The van der Waals surface area contributed by atoms with Gasteiger partial charge in [-0.25, -0.2) is 0 Å². The van der Waals surface area contributed by atoms with Crippen LogP contribution in [0.2, 0.25) is 0 Å². The van der Waals surface area contributed by atoms with Crippen molar-refractivity contribution in [2.24, 2.45) is 0 Å². The summed E-state index contributed by atoms with van der Waals surface area (Å²) in [5, 5.41) is 18.3. The molecule has 0 saturated carbocycles. The zero-order valence-corrected chi connectivity index (χ0v) is 10.8. The van der Waals surface area contributed by atoms with Gasteiger partial charge in [0.1, 0.15) is 23.5 Å². The normalized spacial score (nSPS) is 14.7. The lowest BCUT2D eigenvalue weighted by molar-refractivity contribution is 0.104. The summed E-state index contributed by atoms with van der Waals surface area (Å²) >= 11 is 0. The average molecular weight is 272 g/mol. The van der Waals surface area contributed by atoms with E-state index in [1.165, 1.54) is 6.26 Å². The minimum Gasteiger partial charge on any atom is -0.465 e. The Morgan fingerprint density at radius 1 is 1.05 bits per heavy atom. The average Bonchev–Trinajstić information content (AvgIpc) is 3.11. The van der Waals surface area contributed by atoms with Crippen molar-refractivity contribution in [2.45, 2.75) is 0 Å². The second-order valence-electron chi connectivity index (χ2n) is 4.42. The summed E-state index contributed by atoms with van der Waals surface area (Å²) in [7, 11) is 0. The van der Waals surface area contributed by atoms with Crippen molar-refractivity contribution in [3.05, 3.63) is 70.7 Å². The number of allylic oxidation sites excluding steroid dienone is 3. The van der Waals surface area contributed by atoms with Crippen LogP contribution < -0.4 is 0 Å². The number of rotatable bonds is 1. The number of nitrogens with zero attached hydrogens (tertiary/aromatic N) is 2. The molecule has 98 valence electrons. The van der Waals surface area contributed by atoms with Gasteiger partial charge in [-0.15, -0.1) is 0 Å². The topological polar surface area (TPSA) is 77.8 Å². The van der Waals surface area contributed by atoms with Crippen LogP contribution in [0.15, 0.2) is 58.2 Å². The summed E-state index contributed by atoms with van der Waals surface area (Å²) in [5.41, 5.74) is 1.71. The van der Waals surface area contributed by atoms with Gasteiger partial charge < -0.3 is 4.42 Å². The molecule has 1 aliphatic rings. The highest BCUT2D eigenvalue weighted by atomic mass is 16.3. The number of benzene rings is 1. The number of ketones is 1. The minimum atomic E-state index is -0.208. The van der Waals surface area contributed by atoms with Crippen molar-refractivity contribution in [1.29, 1.82) is 10.5 Å². The third kappa shape index (κ3) is 1.96. The van der Waals surface area contributed by atoms with E-state index in [2.05, 4.69) is 0 Å². The van der Waals surface area contributed by atoms with E-state index in [0.717, 1.165) is 0 Å². The molecule has 1 aliphatic carbocycles. The fraction of sp³-hybridized carbons (Fsp3) is 0. The Morgan fingerprint density at radius 3 is 2.38 bits per heavy atom. The van der Waals surface area contributed by atoms with Crippen LogP contribution in [0.5, 0.6) is 0 Å². The number of carbonyl (C=O) groups is 1. The Balaban J connectivity index is 2.32. The predicted octanol–water partition coefficient (Wildman–Crippen LogP) is 3.36. The third-order valence-electron chi connectivity index (χ3n) is 3.26. The van der Waals surface area contributed by atoms with E-state index in [-0.39, 0.29) is 11.4 Å². The number of hydrogen-bond donors (Lipinski definition) is 0. The van der Waals surface area contributed by atoms with Crippen LogP contribution in [0, 0.1) is 22.7 Å². The molecule has 0 unspecified atom stereocenters. The summed E-state index contributed by atoms with van der Waals surface area (Å²) in [4.78, 5) is 12.5. The first-order chi connectivity index (χ1) is 10.3. The fourth-order valence-electron chi connectivity index (χ4n) is 2.36. The van der Waals surface area contributed by atoms with E-state index >= 15 is 0 Å². The highest BCUT2D eigenvalue weighted by Gasteiger charge is 2.32. The molecule has 0 bridgehead atoms.